The molecule has 0 unspecified atom stereocenters. The minimum atomic E-state index is 0.440. The van der Waals surface area contributed by atoms with Gasteiger partial charge in [-0.05, 0) is 76.6 Å². The maximum atomic E-state index is 3.79. The highest BCUT2D eigenvalue weighted by Crippen LogP contribution is 2.43. The Morgan fingerprint density at radius 3 is 1.30 bits per heavy atom. The number of rotatable bonds is 2. The van der Waals surface area contributed by atoms with Crippen molar-refractivity contribution in [3.05, 3.63) is 76.5 Å². The molecule has 0 N–H and O–H groups in total. The molecule has 1 saturated heterocycles. The molecule has 27 heavy (non-hydrogen) atoms. The third kappa shape index (κ3) is 3.05. The molecule has 2 aromatic carbocycles. The molecule has 2 radical (unpaired) electrons. The average Bonchev–Trinajstić information content (AvgIpc) is 2.93. The molecule has 1 fully saturated rings. The first kappa shape index (κ1) is 18.2. The first-order valence-corrected chi connectivity index (χ1v) is 10.0. The number of aryl methyl sites for hydroxylation is 6. The Labute approximate surface area is 164 Å². The summed E-state index contributed by atoms with van der Waals surface area (Å²) in [4.78, 5) is 4.86. The fourth-order valence-electron chi connectivity index (χ4n) is 5.14. The molecule has 2 aliphatic rings. The van der Waals surface area contributed by atoms with Crippen LogP contribution in [0.5, 0.6) is 0 Å². The van der Waals surface area contributed by atoms with Gasteiger partial charge in [0, 0.05) is 11.4 Å². The fourth-order valence-corrected chi connectivity index (χ4v) is 5.14. The van der Waals surface area contributed by atoms with Crippen LogP contribution in [0.4, 0.5) is 11.4 Å². The van der Waals surface area contributed by atoms with Gasteiger partial charge < -0.3 is 9.80 Å². The van der Waals surface area contributed by atoms with Gasteiger partial charge in [0.05, 0.1) is 12.1 Å². The molecule has 2 aromatic rings. The summed E-state index contributed by atoms with van der Waals surface area (Å²) in [7, 11) is 0. The molecule has 2 heteroatoms. The Morgan fingerprint density at radius 2 is 0.963 bits per heavy atom. The van der Waals surface area contributed by atoms with Gasteiger partial charge in [-0.15, -0.1) is 0 Å². The molecular weight excluding hydrogens is 328 g/mol. The Hall–Kier alpha value is -2.22. The largest absolute Gasteiger partial charge is 0.335 e. The van der Waals surface area contributed by atoms with Gasteiger partial charge in [0.25, 0.3) is 0 Å². The van der Waals surface area contributed by atoms with E-state index in [9.17, 15) is 0 Å². The van der Waals surface area contributed by atoms with Crippen LogP contribution in [0.1, 0.15) is 46.2 Å². The lowest BCUT2D eigenvalue weighted by Crippen LogP contribution is -2.39. The number of anilines is 2. The van der Waals surface area contributed by atoms with Crippen LogP contribution in [0.25, 0.3) is 0 Å². The molecule has 1 aliphatic carbocycles. The van der Waals surface area contributed by atoms with Crippen molar-refractivity contribution in [2.45, 2.75) is 66.5 Å². The summed E-state index contributed by atoms with van der Waals surface area (Å²) in [6.45, 7) is 17.1. The van der Waals surface area contributed by atoms with Crippen molar-refractivity contribution in [3.63, 3.8) is 0 Å². The molecule has 0 spiro atoms. The maximum absolute atomic E-state index is 3.79. The van der Waals surface area contributed by atoms with E-state index in [2.05, 4.69) is 94.4 Å². The van der Waals surface area contributed by atoms with Crippen LogP contribution in [0.2, 0.25) is 0 Å². The van der Waals surface area contributed by atoms with Crippen molar-refractivity contribution in [1.82, 2.24) is 0 Å². The molecule has 0 aromatic heterocycles. The predicted molar refractivity (Wildman–Crippen MR) is 115 cm³/mol. The van der Waals surface area contributed by atoms with Crippen LogP contribution < -0.4 is 9.80 Å². The van der Waals surface area contributed by atoms with E-state index in [0.717, 1.165) is 12.8 Å². The number of hydrogen-bond donors (Lipinski definition) is 0. The standard InChI is InChI=1S/C25H30N2/c1-16-11-18(3)24(19(4)12-16)26-15-27(23-10-8-7-9-22(23)26)25-20(5)13-17(2)14-21(25)6/h7-8,11-14,22-23H,9-10H2,1-6H3/t22-,23+. The second kappa shape index (κ2) is 6.74. The topological polar surface area (TPSA) is 6.48 Å². The third-order valence-corrected chi connectivity index (χ3v) is 6.00. The monoisotopic (exact) mass is 358 g/mol. The number of fused-ring (bicyclic) bond motifs is 1. The minimum Gasteiger partial charge on any atom is -0.335 e. The summed E-state index contributed by atoms with van der Waals surface area (Å²) in [5.41, 5.74) is 10.7. The highest BCUT2D eigenvalue weighted by molar-refractivity contribution is 5.70. The first-order chi connectivity index (χ1) is 12.9. The van der Waals surface area contributed by atoms with Crippen LogP contribution in [0.3, 0.4) is 0 Å². The van der Waals surface area contributed by atoms with E-state index in [1.54, 1.807) is 0 Å². The van der Waals surface area contributed by atoms with Gasteiger partial charge >= 0.3 is 0 Å². The Bertz CT molecular complexity index is 789. The number of benzene rings is 2. The second-order valence-electron chi connectivity index (χ2n) is 8.41. The van der Waals surface area contributed by atoms with E-state index in [1.807, 2.05) is 0 Å². The molecule has 1 aliphatic heterocycles. The van der Waals surface area contributed by atoms with E-state index in [-0.39, 0.29) is 0 Å². The van der Waals surface area contributed by atoms with Crippen LogP contribution >= 0.6 is 0 Å². The van der Waals surface area contributed by atoms with Gasteiger partial charge in [0.1, 0.15) is 0 Å². The normalized spacial score (nSPS) is 21.7. The zero-order valence-corrected chi connectivity index (χ0v) is 17.4. The highest BCUT2D eigenvalue weighted by atomic mass is 15.4. The second-order valence-corrected chi connectivity index (χ2v) is 8.41. The smallest absolute Gasteiger partial charge is 0.209 e. The lowest BCUT2D eigenvalue weighted by Gasteiger charge is -2.32. The molecular formula is C25H30N2. The third-order valence-electron chi connectivity index (χ3n) is 6.00. The molecule has 4 rings (SSSR count). The fraction of sp³-hybridized carbons (Fsp3) is 0.400. The van der Waals surface area contributed by atoms with Crippen LogP contribution in [0, 0.1) is 48.2 Å². The number of nitrogens with zero attached hydrogens (tertiary/aromatic N) is 2. The van der Waals surface area contributed by atoms with Crippen LogP contribution in [-0.4, -0.2) is 12.1 Å². The molecule has 2 atom stereocenters. The van der Waals surface area contributed by atoms with Gasteiger partial charge in [-0.1, -0.05) is 47.5 Å². The van der Waals surface area contributed by atoms with Crippen molar-refractivity contribution in [1.29, 1.82) is 0 Å². The summed E-state index contributed by atoms with van der Waals surface area (Å²) in [6, 6.07) is 10.1. The SMILES string of the molecule is Cc1cc(C)c(N2[C]N(c3c(C)cc(C)cc3C)[C@H]3CC=CC[C@H]32)c(C)c1. The van der Waals surface area contributed by atoms with Gasteiger partial charge in [-0.25, -0.2) is 0 Å². The number of hydrogen-bond acceptors (Lipinski definition) is 2. The van der Waals surface area contributed by atoms with Crippen molar-refractivity contribution in [2.24, 2.45) is 0 Å². The molecule has 140 valence electrons. The lowest BCUT2D eigenvalue weighted by atomic mass is 9.93. The quantitative estimate of drug-likeness (QED) is 0.612. The molecule has 1 heterocycles. The summed E-state index contributed by atoms with van der Waals surface area (Å²) in [5, 5.41) is 0. The zero-order chi connectivity index (χ0) is 19.3. The summed E-state index contributed by atoms with van der Waals surface area (Å²) < 4.78 is 0. The summed E-state index contributed by atoms with van der Waals surface area (Å²) in [5.74, 6) is 0. The Kier molecular flexibility index (Phi) is 4.53. The van der Waals surface area contributed by atoms with Gasteiger partial charge in [0.15, 0.2) is 0 Å². The van der Waals surface area contributed by atoms with E-state index in [0.29, 0.717) is 12.1 Å². The highest BCUT2D eigenvalue weighted by Gasteiger charge is 2.43. The molecule has 0 saturated carbocycles. The van der Waals surface area contributed by atoms with E-state index < -0.39 is 0 Å². The Morgan fingerprint density at radius 1 is 0.630 bits per heavy atom. The first-order valence-electron chi connectivity index (χ1n) is 10.0. The lowest BCUT2D eigenvalue weighted by molar-refractivity contribution is 0.551. The maximum Gasteiger partial charge on any atom is 0.209 e. The van der Waals surface area contributed by atoms with E-state index >= 15 is 0 Å². The molecule has 0 bridgehead atoms. The van der Waals surface area contributed by atoms with Gasteiger partial charge in [-0.2, -0.15) is 0 Å². The van der Waals surface area contributed by atoms with Gasteiger partial charge in [-0.3, -0.25) is 0 Å². The predicted octanol–water partition coefficient (Wildman–Crippen LogP) is 5.95. The summed E-state index contributed by atoms with van der Waals surface area (Å²) in [6.07, 6.45) is 6.83. The summed E-state index contributed by atoms with van der Waals surface area (Å²) >= 11 is 0. The zero-order valence-electron chi connectivity index (χ0n) is 17.4. The van der Waals surface area contributed by atoms with Crippen molar-refractivity contribution in [2.75, 3.05) is 9.80 Å². The van der Waals surface area contributed by atoms with E-state index in [4.69, 9.17) is 0 Å². The molecule has 0 amide bonds. The van der Waals surface area contributed by atoms with Crippen LogP contribution in [0.15, 0.2) is 36.4 Å². The van der Waals surface area contributed by atoms with Crippen molar-refractivity contribution in [3.8, 4) is 0 Å². The van der Waals surface area contributed by atoms with Crippen molar-refractivity contribution >= 4 is 11.4 Å². The Balaban J connectivity index is 1.81. The molecule has 2 nitrogen and oxygen atoms in total. The average molecular weight is 359 g/mol. The van der Waals surface area contributed by atoms with Crippen molar-refractivity contribution < 1.29 is 0 Å². The van der Waals surface area contributed by atoms with Gasteiger partial charge in [0.2, 0.25) is 6.67 Å². The van der Waals surface area contributed by atoms with Crippen LogP contribution in [-0.2, 0) is 0 Å². The van der Waals surface area contributed by atoms with E-state index in [1.165, 1.54) is 44.8 Å². The minimum absolute atomic E-state index is 0.440.